The van der Waals surface area contributed by atoms with E-state index in [0.29, 0.717) is 6.42 Å². The standard InChI is InChI=1S/C9H16N2O4/c1-3-4-6(10)8(13)11-5-7(12)9(14)15-2/h3,6-7,12H,1,4-5,10H2,2H3,(H,11,13). The van der Waals surface area contributed by atoms with E-state index in [1.807, 2.05) is 0 Å². The molecule has 0 aromatic heterocycles. The van der Waals surface area contributed by atoms with Crippen LogP contribution in [-0.4, -0.2) is 42.8 Å². The quantitative estimate of drug-likeness (QED) is 0.372. The Morgan fingerprint density at radius 2 is 2.27 bits per heavy atom. The van der Waals surface area contributed by atoms with Gasteiger partial charge in [0.1, 0.15) is 0 Å². The second-order valence-corrected chi connectivity index (χ2v) is 2.91. The summed E-state index contributed by atoms with van der Waals surface area (Å²) in [4.78, 5) is 22.0. The number of esters is 1. The molecule has 0 fully saturated rings. The van der Waals surface area contributed by atoms with Crippen molar-refractivity contribution in [1.82, 2.24) is 5.32 Å². The molecule has 0 aliphatic heterocycles. The minimum absolute atomic E-state index is 0.212. The molecule has 6 heteroatoms. The normalized spacial score (nSPS) is 13.8. The molecule has 15 heavy (non-hydrogen) atoms. The molecule has 0 spiro atoms. The van der Waals surface area contributed by atoms with E-state index in [9.17, 15) is 9.59 Å². The van der Waals surface area contributed by atoms with Crippen LogP contribution in [0.25, 0.3) is 0 Å². The lowest BCUT2D eigenvalue weighted by atomic mass is 10.2. The van der Waals surface area contributed by atoms with E-state index in [1.165, 1.54) is 6.08 Å². The summed E-state index contributed by atoms with van der Waals surface area (Å²) in [6, 6.07) is -0.715. The highest BCUT2D eigenvalue weighted by Crippen LogP contribution is 1.90. The van der Waals surface area contributed by atoms with Crippen LogP contribution in [0.2, 0.25) is 0 Å². The first-order valence-corrected chi connectivity index (χ1v) is 4.43. The van der Waals surface area contributed by atoms with E-state index < -0.39 is 24.0 Å². The van der Waals surface area contributed by atoms with E-state index in [0.717, 1.165) is 7.11 Å². The van der Waals surface area contributed by atoms with Gasteiger partial charge in [-0.3, -0.25) is 4.79 Å². The summed E-state index contributed by atoms with van der Waals surface area (Å²) in [7, 11) is 1.15. The molecule has 2 atom stereocenters. The summed E-state index contributed by atoms with van der Waals surface area (Å²) in [5, 5.41) is 11.4. The van der Waals surface area contributed by atoms with Crippen molar-refractivity contribution < 1.29 is 19.4 Å². The van der Waals surface area contributed by atoms with E-state index >= 15 is 0 Å². The molecule has 0 aliphatic rings. The van der Waals surface area contributed by atoms with Gasteiger partial charge in [-0.05, 0) is 6.42 Å². The van der Waals surface area contributed by atoms with Crippen LogP contribution in [0.15, 0.2) is 12.7 Å². The summed E-state index contributed by atoms with van der Waals surface area (Å²) >= 11 is 0. The molecule has 0 heterocycles. The zero-order chi connectivity index (χ0) is 11.8. The molecule has 0 aromatic rings. The van der Waals surface area contributed by atoms with Crippen molar-refractivity contribution in [2.75, 3.05) is 13.7 Å². The Bertz CT molecular complexity index is 242. The molecule has 2 unspecified atom stereocenters. The van der Waals surface area contributed by atoms with Crippen LogP contribution in [0.3, 0.4) is 0 Å². The average Bonchev–Trinajstić information content (AvgIpc) is 2.24. The topological polar surface area (TPSA) is 102 Å². The summed E-state index contributed by atoms with van der Waals surface area (Å²) in [6.45, 7) is 3.22. The van der Waals surface area contributed by atoms with E-state index in [1.54, 1.807) is 0 Å². The monoisotopic (exact) mass is 216 g/mol. The number of hydrogen-bond acceptors (Lipinski definition) is 5. The van der Waals surface area contributed by atoms with Crippen molar-refractivity contribution >= 4 is 11.9 Å². The van der Waals surface area contributed by atoms with Gasteiger partial charge in [0.15, 0.2) is 6.10 Å². The molecular formula is C9H16N2O4. The van der Waals surface area contributed by atoms with E-state index in [2.05, 4.69) is 16.6 Å². The largest absolute Gasteiger partial charge is 0.467 e. The van der Waals surface area contributed by atoms with Gasteiger partial charge in [0, 0.05) is 0 Å². The van der Waals surface area contributed by atoms with Crippen LogP contribution in [-0.2, 0) is 14.3 Å². The van der Waals surface area contributed by atoms with Gasteiger partial charge in [-0.15, -0.1) is 6.58 Å². The zero-order valence-electron chi connectivity index (χ0n) is 8.60. The van der Waals surface area contributed by atoms with Gasteiger partial charge in [-0.1, -0.05) is 6.08 Å². The molecule has 0 bridgehead atoms. The zero-order valence-corrected chi connectivity index (χ0v) is 8.60. The predicted octanol–water partition coefficient (Wildman–Crippen LogP) is -1.46. The van der Waals surface area contributed by atoms with Crippen LogP contribution in [0.1, 0.15) is 6.42 Å². The molecule has 4 N–H and O–H groups in total. The highest BCUT2D eigenvalue weighted by atomic mass is 16.5. The third-order valence-electron chi connectivity index (χ3n) is 1.70. The number of hydrogen-bond donors (Lipinski definition) is 3. The number of ether oxygens (including phenoxy) is 1. The SMILES string of the molecule is C=CCC(N)C(=O)NCC(O)C(=O)OC. The first kappa shape index (κ1) is 13.6. The van der Waals surface area contributed by atoms with Gasteiger partial charge < -0.3 is 20.9 Å². The number of aliphatic hydroxyl groups excluding tert-OH is 1. The average molecular weight is 216 g/mol. The van der Waals surface area contributed by atoms with Crippen molar-refractivity contribution in [3.8, 4) is 0 Å². The Balaban J connectivity index is 3.89. The second-order valence-electron chi connectivity index (χ2n) is 2.91. The fourth-order valence-corrected chi connectivity index (χ4v) is 0.834. The van der Waals surface area contributed by atoms with Crippen molar-refractivity contribution in [3.63, 3.8) is 0 Å². The molecule has 0 rings (SSSR count). The molecule has 0 aromatic carbocycles. The Hall–Kier alpha value is -1.40. The highest BCUT2D eigenvalue weighted by Gasteiger charge is 2.18. The number of amides is 1. The summed E-state index contributed by atoms with van der Waals surface area (Å²) in [5.74, 6) is -1.24. The fraction of sp³-hybridized carbons (Fsp3) is 0.556. The lowest BCUT2D eigenvalue weighted by Crippen LogP contribution is -2.44. The Morgan fingerprint density at radius 3 is 2.73 bits per heavy atom. The first-order chi connectivity index (χ1) is 7.02. The third kappa shape index (κ3) is 5.14. The Labute approximate surface area is 88.1 Å². The number of methoxy groups -OCH3 is 1. The Morgan fingerprint density at radius 1 is 1.67 bits per heavy atom. The van der Waals surface area contributed by atoms with Crippen LogP contribution < -0.4 is 11.1 Å². The number of rotatable bonds is 6. The highest BCUT2D eigenvalue weighted by molar-refractivity contribution is 5.82. The molecule has 6 nitrogen and oxygen atoms in total. The molecular weight excluding hydrogens is 200 g/mol. The van der Waals surface area contributed by atoms with Crippen LogP contribution in [0, 0.1) is 0 Å². The maximum atomic E-state index is 11.2. The van der Waals surface area contributed by atoms with Crippen LogP contribution in [0.4, 0.5) is 0 Å². The third-order valence-corrected chi connectivity index (χ3v) is 1.70. The van der Waals surface area contributed by atoms with E-state index in [4.69, 9.17) is 10.8 Å². The van der Waals surface area contributed by atoms with Gasteiger partial charge in [0.2, 0.25) is 5.91 Å². The first-order valence-electron chi connectivity index (χ1n) is 4.43. The van der Waals surface area contributed by atoms with Gasteiger partial charge in [-0.2, -0.15) is 0 Å². The maximum absolute atomic E-state index is 11.2. The smallest absolute Gasteiger partial charge is 0.336 e. The van der Waals surface area contributed by atoms with Crippen molar-refractivity contribution in [2.24, 2.45) is 5.73 Å². The van der Waals surface area contributed by atoms with Crippen LogP contribution in [0.5, 0.6) is 0 Å². The molecule has 0 radical (unpaired) electrons. The van der Waals surface area contributed by atoms with Gasteiger partial charge in [0.25, 0.3) is 0 Å². The van der Waals surface area contributed by atoms with Gasteiger partial charge in [0.05, 0.1) is 19.7 Å². The van der Waals surface area contributed by atoms with E-state index in [-0.39, 0.29) is 6.54 Å². The molecule has 0 saturated carbocycles. The maximum Gasteiger partial charge on any atom is 0.336 e. The minimum Gasteiger partial charge on any atom is -0.467 e. The summed E-state index contributed by atoms with van der Waals surface area (Å²) in [6.07, 6.45) is 0.482. The fourth-order valence-electron chi connectivity index (χ4n) is 0.834. The second kappa shape index (κ2) is 6.97. The predicted molar refractivity (Wildman–Crippen MR) is 53.8 cm³/mol. The molecule has 1 amide bonds. The van der Waals surface area contributed by atoms with Gasteiger partial charge >= 0.3 is 5.97 Å². The van der Waals surface area contributed by atoms with Crippen molar-refractivity contribution in [1.29, 1.82) is 0 Å². The molecule has 0 aliphatic carbocycles. The number of nitrogens with two attached hydrogens (primary N) is 1. The minimum atomic E-state index is -1.37. The number of nitrogens with one attached hydrogen (secondary N) is 1. The van der Waals surface area contributed by atoms with Crippen molar-refractivity contribution in [3.05, 3.63) is 12.7 Å². The van der Waals surface area contributed by atoms with Gasteiger partial charge in [-0.25, -0.2) is 4.79 Å². The lowest BCUT2D eigenvalue weighted by Gasteiger charge is -2.12. The Kier molecular flexibility index (Phi) is 6.32. The molecule has 0 saturated heterocycles. The lowest BCUT2D eigenvalue weighted by molar-refractivity contribution is -0.150. The summed E-state index contributed by atoms with van der Waals surface area (Å²) < 4.78 is 4.26. The number of carbonyl (C=O) groups is 2. The number of carbonyl (C=O) groups excluding carboxylic acids is 2. The molecule has 86 valence electrons. The number of aliphatic hydroxyl groups is 1. The van der Waals surface area contributed by atoms with Crippen molar-refractivity contribution in [2.45, 2.75) is 18.6 Å². The van der Waals surface area contributed by atoms with Crippen LogP contribution >= 0.6 is 0 Å². The summed E-state index contributed by atoms with van der Waals surface area (Å²) in [5.41, 5.74) is 5.44.